The van der Waals surface area contributed by atoms with Crippen LogP contribution in [0, 0.1) is 11.8 Å². The average molecular weight is 282 g/mol. The minimum absolute atomic E-state index is 0.129. The lowest BCUT2D eigenvalue weighted by Gasteiger charge is -2.26. The largest absolute Gasteiger partial charge is 0.334 e. The summed E-state index contributed by atoms with van der Waals surface area (Å²) in [6.07, 6.45) is 4.31. The van der Waals surface area contributed by atoms with Crippen LogP contribution >= 0.6 is 0 Å². The van der Waals surface area contributed by atoms with Gasteiger partial charge in [0.1, 0.15) is 0 Å². The number of rotatable bonds is 2. The van der Waals surface area contributed by atoms with Gasteiger partial charge in [0, 0.05) is 22.7 Å². The van der Waals surface area contributed by atoms with E-state index in [4.69, 9.17) is 0 Å². The fourth-order valence-corrected chi connectivity index (χ4v) is 3.15. The van der Waals surface area contributed by atoms with Gasteiger partial charge in [0.2, 0.25) is 5.91 Å². The van der Waals surface area contributed by atoms with Gasteiger partial charge in [-0.25, -0.2) is 0 Å². The van der Waals surface area contributed by atoms with Crippen LogP contribution < -0.4 is 10.6 Å². The van der Waals surface area contributed by atoms with E-state index in [0.29, 0.717) is 5.82 Å². The van der Waals surface area contributed by atoms with E-state index >= 15 is 0 Å². The van der Waals surface area contributed by atoms with Gasteiger partial charge in [0.05, 0.1) is 0 Å². The zero-order valence-corrected chi connectivity index (χ0v) is 12.7. The molecule has 1 aliphatic heterocycles. The first-order chi connectivity index (χ1) is 10.1. The number of hydrogen-bond donors (Lipinski definition) is 2. The molecule has 0 unspecified atom stereocenters. The Bertz CT molecular complexity index is 618. The van der Waals surface area contributed by atoms with Gasteiger partial charge in [-0.15, -0.1) is 0 Å². The molecule has 3 heteroatoms. The minimum atomic E-state index is 0.129. The monoisotopic (exact) mass is 282 g/mol. The molecule has 1 aliphatic carbocycles. The summed E-state index contributed by atoms with van der Waals surface area (Å²) in [4.78, 5) is 12.4. The van der Waals surface area contributed by atoms with Crippen molar-refractivity contribution in [2.45, 2.75) is 39.5 Å². The first-order valence-corrected chi connectivity index (χ1v) is 7.78. The van der Waals surface area contributed by atoms with Crippen molar-refractivity contribution in [1.82, 2.24) is 5.32 Å². The molecular formula is C18H22N2O. The van der Waals surface area contributed by atoms with Gasteiger partial charge < -0.3 is 10.6 Å². The third-order valence-electron chi connectivity index (χ3n) is 4.54. The molecular weight excluding hydrogens is 260 g/mol. The highest BCUT2D eigenvalue weighted by Gasteiger charge is 2.25. The zero-order chi connectivity index (χ0) is 14.8. The second-order valence-corrected chi connectivity index (χ2v) is 6.24. The molecule has 0 aromatic heterocycles. The van der Waals surface area contributed by atoms with Crippen LogP contribution in [-0.4, -0.2) is 5.91 Å². The molecule has 1 aromatic carbocycles. The molecule has 1 heterocycles. The number of nitrogens with one attached hydrogen (secondary N) is 2. The molecule has 1 saturated carbocycles. The number of para-hydroxylation sites is 1. The van der Waals surface area contributed by atoms with Gasteiger partial charge in [-0.05, 0) is 44.6 Å². The van der Waals surface area contributed by atoms with E-state index in [1.807, 2.05) is 25.1 Å². The molecule has 1 fully saturated rings. The highest BCUT2D eigenvalue weighted by atomic mass is 16.2. The van der Waals surface area contributed by atoms with E-state index < -0.39 is 0 Å². The molecule has 3 rings (SSSR count). The fraction of sp³-hybridized carbons (Fsp3) is 0.444. The quantitative estimate of drug-likeness (QED) is 0.808. The van der Waals surface area contributed by atoms with Gasteiger partial charge in [0.15, 0.2) is 5.82 Å². The number of carbonyl (C=O) groups excluding carboxylic acids is 1. The fourth-order valence-electron chi connectivity index (χ4n) is 3.15. The Morgan fingerprint density at radius 3 is 2.71 bits per heavy atom. The topological polar surface area (TPSA) is 41.1 Å². The molecule has 2 N–H and O–H groups in total. The summed E-state index contributed by atoms with van der Waals surface area (Å²) >= 11 is 0. The van der Waals surface area contributed by atoms with Crippen LogP contribution in [0.4, 0.5) is 5.69 Å². The van der Waals surface area contributed by atoms with Crippen LogP contribution in [0.15, 0.2) is 35.8 Å². The van der Waals surface area contributed by atoms with Gasteiger partial charge in [-0.1, -0.05) is 30.9 Å². The molecule has 3 nitrogen and oxygen atoms in total. The van der Waals surface area contributed by atoms with Crippen molar-refractivity contribution in [3.63, 3.8) is 0 Å². The Morgan fingerprint density at radius 1 is 1.24 bits per heavy atom. The Kier molecular flexibility index (Phi) is 3.85. The third kappa shape index (κ3) is 3.03. The second-order valence-electron chi connectivity index (χ2n) is 6.24. The number of amides is 1. The number of fused-ring (bicyclic) bond motifs is 1. The summed E-state index contributed by atoms with van der Waals surface area (Å²) in [6.45, 7) is 4.29. The van der Waals surface area contributed by atoms with Crippen molar-refractivity contribution < 1.29 is 4.79 Å². The maximum Gasteiger partial charge on any atom is 0.229 e. The highest BCUT2D eigenvalue weighted by molar-refractivity contribution is 5.84. The van der Waals surface area contributed by atoms with E-state index in [1.165, 1.54) is 0 Å². The van der Waals surface area contributed by atoms with Crippen LogP contribution in [0.3, 0.4) is 0 Å². The second kappa shape index (κ2) is 5.79. The number of carbonyl (C=O) groups is 1. The standard InChI is InChI=1S/C18H22N2O/c1-12-7-9-14(10-8-12)18(21)20-17-11-13(2)15-5-3-4-6-16(15)19-17/h3-6,12,14,19H,7-10H2,1-2H3,(H,20,21). The molecule has 0 radical (unpaired) electrons. The average Bonchev–Trinajstić information content (AvgIpc) is 2.48. The lowest BCUT2D eigenvalue weighted by molar-refractivity contribution is -0.125. The number of anilines is 1. The van der Waals surface area contributed by atoms with Crippen molar-refractivity contribution in [2.24, 2.45) is 11.8 Å². The molecule has 0 atom stereocenters. The summed E-state index contributed by atoms with van der Waals surface area (Å²) in [5.41, 5.74) is 6.46. The molecule has 21 heavy (non-hydrogen) atoms. The van der Waals surface area contributed by atoms with E-state index in [1.54, 1.807) is 0 Å². The van der Waals surface area contributed by atoms with Crippen LogP contribution in [0.25, 0.3) is 5.57 Å². The summed E-state index contributed by atoms with van der Waals surface area (Å²) < 4.78 is 0. The van der Waals surface area contributed by atoms with Crippen LogP contribution in [0.2, 0.25) is 0 Å². The van der Waals surface area contributed by atoms with Crippen molar-refractivity contribution in [1.29, 1.82) is 0 Å². The summed E-state index contributed by atoms with van der Waals surface area (Å²) in [5, 5.41) is 6.27. The Hall–Kier alpha value is -1.99. The molecule has 0 spiro atoms. The molecule has 110 valence electrons. The predicted octanol–water partition coefficient (Wildman–Crippen LogP) is 3.90. The first-order valence-electron chi connectivity index (χ1n) is 7.78. The molecule has 1 amide bonds. The maximum absolute atomic E-state index is 12.4. The number of benzene rings is 1. The van der Waals surface area contributed by atoms with Crippen molar-refractivity contribution in [3.05, 3.63) is 41.4 Å². The third-order valence-corrected chi connectivity index (χ3v) is 4.54. The predicted molar refractivity (Wildman–Crippen MR) is 85.4 cm³/mol. The summed E-state index contributed by atoms with van der Waals surface area (Å²) in [5.74, 6) is 1.71. The highest BCUT2D eigenvalue weighted by Crippen LogP contribution is 2.30. The van der Waals surface area contributed by atoms with Crippen LogP contribution in [0.5, 0.6) is 0 Å². The zero-order valence-electron chi connectivity index (χ0n) is 12.7. The Balaban J connectivity index is 1.72. The summed E-state index contributed by atoms with van der Waals surface area (Å²) in [6, 6.07) is 8.09. The van der Waals surface area contributed by atoms with Crippen molar-refractivity contribution >= 4 is 17.2 Å². The SMILES string of the molecule is CC1=C=C(NC(=O)C2CCC(C)CC2)Nc2ccccc21. The van der Waals surface area contributed by atoms with E-state index in [-0.39, 0.29) is 11.8 Å². The number of allylic oxidation sites excluding steroid dienone is 1. The smallest absolute Gasteiger partial charge is 0.229 e. The normalized spacial score (nSPS) is 24.3. The van der Waals surface area contributed by atoms with Crippen molar-refractivity contribution in [3.8, 4) is 0 Å². The summed E-state index contributed by atoms with van der Waals surface area (Å²) in [7, 11) is 0. The van der Waals surface area contributed by atoms with Gasteiger partial charge in [0.25, 0.3) is 0 Å². The van der Waals surface area contributed by atoms with Gasteiger partial charge in [-0.2, -0.15) is 0 Å². The Morgan fingerprint density at radius 2 is 1.95 bits per heavy atom. The first kappa shape index (κ1) is 14.0. The molecule has 0 saturated heterocycles. The van der Waals surface area contributed by atoms with Gasteiger partial charge in [-0.3, -0.25) is 4.79 Å². The lowest BCUT2D eigenvalue weighted by Crippen LogP contribution is -2.34. The van der Waals surface area contributed by atoms with E-state index in [2.05, 4.69) is 29.4 Å². The van der Waals surface area contributed by atoms with E-state index in [9.17, 15) is 4.79 Å². The van der Waals surface area contributed by atoms with Gasteiger partial charge >= 0.3 is 0 Å². The number of hydrogen-bond acceptors (Lipinski definition) is 2. The van der Waals surface area contributed by atoms with Crippen LogP contribution in [0.1, 0.15) is 45.1 Å². The molecule has 0 bridgehead atoms. The minimum Gasteiger partial charge on any atom is -0.334 e. The Labute approximate surface area is 126 Å². The lowest BCUT2D eigenvalue weighted by atomic mass is 9.82. The van der Waals surface area contributed by atoms with Crippen LogP contribution in [-0.2, 0) is 4.79 Å². The molecule has 2 aliphatic rings. The van der Waals surface area contributed by atoms with Crippen molar-refractivity contribution in [2.75, 3.05) is 5.32 Å². The molecule has 1 aromatic rings. The maximum atomic E-state index is 12.4. The van der Waals surface area contributed by atoms with E-state index in [0.717, 1.165) is 48.4 Å².